The Balaban J connectivity index is 1.85. The van der Waals surface area contributed by atoms with Crippen molar-refractivity contribution in [2.75, 3.05) is 13.8 Å². The molecule has 0 spiro atoms. The maximum absolute atomic E-state index is 12.1. The number of benzene rings is 2. The van der Waals surface area contributed by atoms with Crippen molar-refractivity contribution in [2.24, 2.45) is 0 Å². The second kappa shape index (κ2) is 7.73. The van der Waals surface area contributed by atoms with E-state index in [2.05, 4.69) is 10.6 Å². The van der Waals surface area contributed by atoms with E-state index in [1.54, 1.807) is 24.3 Å². The Morgan fingerprint density at radius 2 is 1.74 bits per heavy atom. The summed E-state index contributed by atoms with van der Waals surface area (Å²) in [5.41, 5.74) is 2.33. The zero-order valence-corrected chi connectivity index (χ0v) is 14.5. The number of imide groups is 1. The zero-order chi connectivity index (χ0) is 19.4. The minimum atomic E-state index is -0.585. The number of nitrogens with zero attached hydrogens (tertiary/aromatic N) is 1. The van der Waals surface area contributed by atoms with Crippen LogP contribution in [0, 0.1) is 10.1 Å². The van der Waals surface area contributed by atoms with Gasteiger partial charge in [-0.05, 0) is 35.2 Å². The number of rotatable bonds is 5. The van der Waals surface area contributed by atoms with Gasteiger partial charge in [-0.1, -0.05) is 12.1 Å². The van der Waals surface area contributed by atoms with Crippen LogP contribution in [0.25, 0.3) is 0 Å². The first-order valence-corrected chi connectivity index (χ1v) is 8.12. The van der Waals surface area contributed by atoms with Crippen LogP contribution < -0.4 is 20.1 Å². The summed E-state index contributed by atoms with van der Waals surface area (Å²) in [6.07, 6.45) is 0.420. The molecule has 140 valence electrons. The third-order valence-corrected chi connectivity index (χ3v) is 4.07. The van der Waals surface area contributed by atoms with E-state index in [-0.39, 0.29) is 18.9 Å². The molecule has 9 heteroatoms. The summed E-state index contributed by atoms with van der Waals surface area (Å²) in [6.45, 7) is 0.0974. The average molecular weight is 371 g/mol. The van der Waals surface area contributed by atoms with Gasteiger partial charge in [-0.2, -0.15) is 0 Å². The van der Waals surface area contributed by atoms with Crippen LogP contribution in [0.3, 0.4) is 0 Å². The summed E-state index contributed by atoms with van der Waals surface area (Å²) in [4.78, 5) is 33.7. The molecule has 0 saturated carbocycles. The molecule has 0 aliphatic carbocycles. The summed E-state index contributed by atoms with van der Waals surface area (Å²) in [6, 6.07) is 9.10. The predicted molar refractivity (Wildman–Crippen MR) is 94.8 cm³/mol. The van der Waals surface area contributed by atoms with Crippen LogP contribution in [0.1, 0.15) is 16.7 Å². The highest BCUT2D eigenvalue weighted by atomic mass is 16.7. The van der Waals surface area contributed by atoms with Gasteiger partial charge in [0.25, 0.3) is 5.69 Å². The lowest BCUT2D eigenvalue weighted by Crippen LogP contribution is -2.38. The molecule has 0 radical (unpaired) electrons. The lowest BCUT2D eigenvalue weighted by Gasteiger charge is -2.11. The van der Waals surface area contributed by atoms with Crippen molar-refractivity contribution >= 4 is 17.6 Å². The summed E-state index contributed by atoms with van der Waals surface area (Å²) in [7, 11) is 1.42. The van der Waals surface area contributed by atoms with Crippen LogP contribution in [0.15, 0.2) is 36.4 Å². The van der Waals surface area contributed by atoms with Crippen LogP contribution in [-0.4, -0.2) is 30.7 Å². The topological polar surface area (TPSA) is 120 Å². The molecule has 27 heavy (non-hydrogen) atoms. The number of nitrogens with one attached hydrogen (secondary N) is 2. The normalized spacial score (nSPS) is 11.7. The van der Waals surface area contributed by atoms with Gasteiger partial charge in [0, 0.05) is 19.2 Å². The van der Waals surface area contributed by atoms with Crippen molar-refractivity contribution in [3.8, 4) is 11.5 Å². The third-order valence-electron chi connectivity index (χ3n) is 4.07. The molecule has 1 aliphatic heterocycles. The molecular weight excluding hydrogens is 354 g/mol. The number of hydrogen-bond donors (Lipinski definition) is 2. The lowest BCUT2D eigenvalue weighted by molar-refractivity contribution is -0.384. The number of nitro groups is 1. The second-order valence-electron chi connectivity index (χ2n) is 5.88. The molecule has 1 aliphatic rings. The first-order valence-electron chi connectivity index (χ1n) is 8.12. The predicted octanol–water partition coefficient (Wildman–Crippen LogP) is 1.91. The number of urea groups is 1. The van der Waals surface area contributed by atoms with Gasteiger partial charge >= 0.3 is 6.03 Å². The largest absolute Gasteiger partial charge is 0.454 e. The first-order chi connectivity index (χ1) is 13.0. The van der Waals surface area contributed by atoms with Crippen molar-refractivity contribution in [3.63, 3.8) is 0 Å². The number of carbonyl (C=O) groups excluding carboxylic acids is 2. The molecular formula is C18H17N3O6. The van der Waals surface area contributed by atoms with Crippen molar-refractivity contribution in [3.05, 3.63) is 63.2 Å². The fraction of sp³-hybridized carbons (Fsp3) is 0.222. The Kier molecular flexibility index (Phi) is 5.20. The summed E-state index contributed by atoms with van der Waals surface area (Å²) in [5.74, 6) is 0.644. The highest BCUT2D eigenvalue weighted by molar-refractivity contribution is 5.95. The van der Waals surface area contributed by atoms with Gasteiger partial charge in [0.15, 0.2) is 11.5 Å². The number of amides is 3. The number of carbonyl (C=O) groups is 2. The molecule has 0 aromatic heterocycles. The van der Waals surface area contributed by atoms with Crippen molar-refractivity contribution in [2.45, 2.75) is 12.8 Å². The SMILES string of the molecule is CNC(=O)NC(=O)Cc1cc2c(cc1Cc1ccc([N+](=O)[O-])cc1)OCO2. The minimum absolute atomic E-state index is 0.00890. The highest BCUT2D eigenvalue weighted by Crippen LogP contribution is 2.36. The van der Waals surface area contributed by atoms with Crippen molar-refractivity contribution in [1.29, 1.82) is 0 Å². The molecule has 3 amide bonds. The van der Waals surface area contributed by atoms with Gasteiger partial charge in [0.1, 0.15) is 0 Å². The summed E-state index contributed by atoms with van der Waals surface area (Å²) < 4.78 is 10.8. The standard InChI is InChI=1S/C18H17N3O6/c1-19-18(23)20-17(22)9-13-8-16-15(26-10-27-16)7-12(13)6-11-2-4-14(5-3-11)21(24)25/h2-5,7-8H,6,9-10H2,1H3,(H2,19,20,22,23). The number of nitro benzene ring substituents is 1. The van der Waals surface area contributed by atoms with Crippen LogP contribution in [0.5, 0.6) is 11.5 Å². The van der Waals surface area contributed by atoms with E-state index in [9.17, 15) is 19.7 Å². The zero-order valence-electron chi connectivity index (χ0n) is 14.5. The van der Waals surface area contributed by atoms with Crippen LogP contribution in [-0.2, 0) is 17.6 Å². The third kappa shape index (κ3) is 4.32. The quantitative estimate of drug-likeness (QED) is 0.612. The molecule has 0 saturated heterocycles. The van der Waals surface area contributed by atoms with E-state index in [1.807, 2.05) is 0 Å². The molecule has 2 aromatic carbocycles. The Labute approximate surface area is 154 Å². The number of non-ortho nitro benzene ring substituents is 1. The molecule has 9 nitrogen and oxygen atoms in total. The Morgan fingerprint density at radius 3 is 2.33 bits per heavy atom. The summed E-state index contributed by atoms with van der Waals surface area (Å²) in [5, 5.41) is 15.3. The molecule has 0 atom stereocenters. The van der Waals surface area contributed by atoms with Crippen LogP contribution in [0.2, 0.25) is 0 Å². The highest BCUT2D eigenvalue weighted by Gasteiger charge is 2.19. The van der Waals surface area contributed by atoms with E-state index in [1.165, 1.54) is 19.2 Å². The Hall–Kier alpha value is -3.62. The fourth-order valence-electron chi connectivity index (χ4n) is 2.72. The van der Waals surface area contributed by atoms with Gasteiger partial charge in [-0.25, -0.2) is 4.79 Å². The maximum Gasteiger partial charge on any atom is 0.321 e. The van der Waals surface area contributed by atoms with E-state index in [0.717, 1.165) is 11.1 Å². The average Bonchev–Trinajstić information content (AvgIpc) is 3.09. The maximum atomic E-state index is 12.1. The Morgan fingerprint density at radius 1 is 1.11 bits per heavy atom. The van der Waals surface area contributed by atoms with E-state index >= 15 is 0 Å². The molecule has 1 heterocycles. The van der Waals surface area contributed by atoms with Crippen LogP contribution >= 0.6 is 0 Å². The first kappa shape index (κ1) is 18.2. The number of ether oxygens (including phenoxy) is 2. The second-order valence-corrected chi connectivity index (χ2v) is 5.88. The van der Waals surface area contributed by atoms with E-state index in [0.29, 0.717) is 23.5 Å². The van der Waals surface area contributed by atoms with E-state index < -0.39 is 16.9 Å². The van der Waals surface area contributed by atoms with Crippen molar-refractivity contribution in [1.82, 2.24) is 10.6 Å². The summed E-state index contributed by atoms with van der Waals surface area (Å²) >= 11 is 0. The van der Waals surface area contributed by atoms with Gasteiger partial charge in [0.05, 0.1) is 11.3 Å². The van der Waals surface area contributed by atoms with Gasteiger partial charge in [-0.3, -0.25) is 20.2 Å². The number of fused-ring (bicyclic) bond motifs is 1. The van der Waals surface area contributed by atoms with E-state index in [4.69, 9.17) is 9.47 Å². The molecule has 0 fully saturated rings. The smallest absolute Gasteiger partial charge is 0.321 e. The molecule has 0 unspecified atom stereocenters. The monoisotopic (exact) mass is 371 g/mol. The lowest BCUT2D eigenvalue weighted by atomic mass is 9.96. The van der Waals surface area contributed by atoms with Gasteiger partial charge in [0.2, 0.25) is 12.7 Å². The molecule has 2 N–H and O–H groups in total. The molecule has 0 bridgehead atoms. The van der Waals surface area contributed by atoms with Gasteiger partial charge < -0.3 is 14.8 Å². The molecule has 3 rings (SSSR count). The van der Waals surface area contributed by atoms with Crippen LogP contribution in [0.4, 0.5) is 10.5 Å². The molecule has 2 aromatic rings. The van der Waals surface area contributed by atoms with Crippen molar-refractivity contribution < 1.29 is 24.0 Å². The van der Waals surface area contributed by atoms with Gasteiger partial charge in [-0.15, -0.1) is 0 Å². The Bertz CT molecular complexity index is 895. The number of hydrogen-bond acceptors (Lipinski definition) is 6. The fourth-order valence-corrected chi connectivity index (χ4v) is 2.72. The minimum Gasteiger partial charge on any atom is -0.454 e.